The van der Waals surface area contributed by atoms with Crippen LogP contribution in [0, 0.1) is 31.6 Å². The summed E-state index contributed by atoms with van der Waals surface area (Å²) in [5, 5.41) is 10.3. The number of thioether (sulfide) groups is 1. The monoisotopic (exact) mass is 537 g/mol. The molecule has 8 heteroatoms. The number of nitrogens with zero attached hydrogens (tertiary/aromatic N) is 3. The molecule has 0 aromatic heterocycles. The number of benzene rings is 1. The first kappa shape index (κ1) is 27.0. The number of carbonyl (C=O) groups is 3. The van der Waals surface area contributed by atoms with Crippen molar-refractivity contribution in [1.82, 2.24) is 9.80 Å². The van der Waals surface area contributed by atoms with Gasteiger partial charge in [-0.25, -0.2) is 0 Å². The highest BCUT2D eigenvalue weighted by molar-refractivity contribution is 8.02. The molecule has 1 spiro atoms. The first-order valence-electron chi connectivity index (χ1n) is 13.8. The van der Waals surface area contributed by atoms with Crippen molar-refractivity contribution in [3.63, 3.8) is 0 Å². The molecule has 0 saturated carbocycles. The van der Waals surface area contributed by atoms with Crippen LogP contribution in [0.2, 0.25) is 0 Å². The van der Waals surface area contributed by atoms with Gasteiger partial charge < -0.3 is 19.8 Å². The van der Waals surface area contributed by atoms with Crippen molar-refractivity contribution in [2.75, 3.05) is 31.1 Å². The van der Waals surface area contributed by atoms with E-state index in [1.165, 1.54) is 0 Å². The molecule has 38 heavy (non-hydrogen) atoms. The molecule has 4 aliphatic rings. The molecule has 0 radical (unpaired) electrons. The molecule has 1 unspecified atom stereocenters. The quantitative estimate of drug-likeness (QED) is 0.563. The normalized spacial score (nSPS) is 31.4. The van der Waals surface area contributed by atoms with Crippen LogP contribution in [0.4, 0.5) is 5.69 Å². The van der Waals surface area contributed by atoms with E-state index in [4.69, 9.17) is 0 Å². The van der Waals surface area contributed by atoms with Crippen LogP contribution >= 0.6 is 11.8 Å². The van der Waals surface area contributed by atoms with Gasteiger partial charge in [0, 0.05) is 30.6 Å². The summed E-state index contributed by atoms with van der Waals surface area (Å²) in [6.07, 6.45) is 9.00. The van der Waals surface area contributed by atoms with Gasteiger partial charge in [-0.15, -0.1) is 11.8 Å². The largest absolute Gasteiger partial charge is 0.394 e. The number of carbonyl (C=O) groups excluding carboxylic acids is 3. The molecule has 4 heterocycles. The van der Waals surface area contributed by atoms with Crippen LogP contribution < -0.4 is 4.90 Å². The smallest absolute Gasteiger partial charge is 0.251 e. The zero-order valence-corrected chi connectivity index (χ0v) is 23.8. The number of hydrogen-bond acceptors (Lipinski definition) is 5. The lowest BCUT2D eigenvalue weighted by Gasteiger charge is -2.40. The molecule has 0 bridgehead atoms. The second-order valence-corrected chi connectivity index (χ2v) is 12.9. The first-order chi connectivity index (χ1) is 18.2. The van der Waals surface area contributed by atoms with Crippen LogP contribution in [0.5, 0.6) is 0 Å². The summed E-state index contributed by atoms with van der Waals surface area (Å²) in [6, 6.07) is 4.73. The molecule has 3 amide bonds. The molecule has 1 N–H and O–H groups in total. The molecular weight excluding hydrogens is 498 g/mol. The van der Waals surface area contributed by atoms with E-state index >= 15 is 0 Å². The third-order valence-corrected chi connectivity index (χ3v) is 10.4. The SMILES string of the molecule is CCCN1CC=C[C@@H]2S[C@]34C=CCN(c5cc(C)ccc5C)C(=O)C3N([C@@H](CO)C(C)C)C(=O)[C@@H]4[C@@H]2C1=O. The van der Waals surface area contributed by atoms with Gasteiger partial charge in [0.25, 0.3) is 5.91 Å². The first-order valence-corrected chi connectivity index (χ1v) is 14.7. The van der Waals surface area contributed by atoms with Gasteiger partial charge in [-0.2, -0.15) is 0 Å². The van der Waals surface area contributed by atoms with Gasteiger partial charge >= 0.3 is 0 Å². The highest BCUT2D eigenvalue weighted by Crippen LogP contribution is 2.61. The Morgan fingerprint density at radius 3 is 2.53 bits per heavy atom. The standard InChI is InChI=1S/C30H39N3O4S/c1-6-13-31-14-7-9-23-24(27(31)35)25-28(36)33(22(17-34)18(2)3)26-29(37)32(15-8-12-30(25,26)38-23)21-16-19(4)10-11-20(21)5/h7-12,16,18,22-26,34H,6,13-15,17H2,1-5H3/t22-,23-,24+,25-,26?,30-/m0/s1. The fraction of sp³-hybridized carbons (Fsp3) is 0.567. The molecule has 2 saturated heterocycles. The Morgan fingerprint density at radius 2 is 1.84 bits per heavy atom. The highest BCUT2D eigenvalue weighted by Gasteiger charge is 2.72. The molecule has 1 aromatic rings. The number of rotatable bonds is 6. The second kappa shape index (κ2) is 10.2. The van der Waals surface area contributed by atoms with Gasteiger partial charge in [-0.1, -0.05) is 57.2 Å². The van der Waals surface area contributed by atoms with Crippen LogP contribution in [0.1, 0.15) is 38.3 Å². The van der Waals surface area contributed by atoms with Gasteiger partial charge in [-0.3, -0.25) is 14.4 Å². The van der Waals surface area contributed by atoms with E-state index in [9.17, 15) is 19.5 Å². The van der Waals surface area contributed by atoms with Crippen molar-refractivity contribution in [3.8, 4) is 0 Å². The zero-order valence-electron chi connectivity index (χ0n) is 23.0. The number of fused-ring (bicyclic) bond motifs is 2. The fourth-order valence-electron chi connectivity index (χ4n) is 6.80. The summed E-state index contributed by atoms with van der Waals surface area (Å²) in [4.78, 5) is 48.3. The minimum atomic E-state index is -0.881. The number of aryl methyl sites for hydroxylation is 2. The summed E-state index contributed by atoms with van der Waals surface area (Å²) < 4.78 is -0.881. The third kappa shape index (κ3) is 4.02. The Morgan fingerprint density at radius 1 is 1.08 bits per heavy atom. The fourth-order valence-corrected chi connectivity index (χ4v) is 8.80. The number of aliphatic hydroxyl groups excluding tert-OH is 1. The van der Waals surface area contributed by atoms with E-state index in [2.05, 4.69) is 6.08 Å². The van der Waals surface area contributed by atoms with E-state index in [0.29, 0.717) is 19.6 Å². The highest BCUT2D eigenvalue weighted by atomic mass is 32.2. The van der Waals surface area contributed by atoms with Crippen molar-refractivity contribution >= 4 is 35.2 Å². The molecular formula is C30H39N3O4S. The number of likely N-dealkylation sites (tertiary alicyclic amines) is 1. The lowest BCUT2D eigenvalue weighted by molar-refractivity contribution is -0.145. The summed E-state index contributed by atoms with van der Waals surface area (Å²) in [6.45, 7) is 11.3. The van der Waals surface area contributed by atoms with Crippen LogP contribution in [-0.2, 0) is 14.4 Å². The molecule has 0 aliphatic carbocycles. The van der Waals surface area contributed by atoms with Crippen molar-refractivity contribution in [1.29, 1.82) is 0 Å². The van der Waals surface area contributed by atoms with Crippen molar-refractivity contribution in [3.05, 3.63) is 53.6 Å². The summed E-state index contributed by atoms with van der Waals surface area (Å²) in [5.41, 5.74) is 2.87. The van der Waals surface area contributed by atoms with Gasteiger partial charge in [0.05, 0.1) is 29.2 Å². The predicted molar refractivity (Wildman–Crippen MR) is 151 cm³/mol. The Kier molecular flexibility index (Phi) is 7.24. The molecule has 7 nitrogen and oxygen atoms in total. The van der Waals surface area contributed by atoms with E-state index < -0.39 is 28.7 Å². The molecule has 6 atom stereocenters. The molecule has 204 valence electrons. The van der Waals surface area contributed by atoms with Crippen LogP contribution in [0.25, 0.3) is 0 Å². The van der Waals surface area contributed by atoms with Crippen molar-refractivity contribution in [2.45, 2.75) is 63.1 Å². The van der Waals surface area contributed by atoms with Crippen molar-refractivity contribution in [2.24, 2.45) is 17.8 Å². The third-order valence-electron chi connectivity index (χ3n) is 8.64. The van der Waals surface area contributed by atoms with E-state index in [-0.39, 0.29) is 35.5 Å². The number of amides is 3. The topological polar surface area (TPSA) is 81.2 Å². The van der Waals surface area contributed by atoms with Crippen LogP contribution in [-0.4, -0.2) is 80.9 Å². The number of aliphatic hydroxyl groups is 1. The second-order valence-electron chi connectivity index (χ2n) is 11.4. The minimum absolute atomic E-state index is 0.00764. The van der Waals surface area contributed by atoms with Crippen LogP contribution in [0.15, 0.2) is 42.5 Å². The molecule has 2 fully saturated rings. The summed E-state index contributed by atoms with van der Waals surface area (Å²) in [5.74, 6) is -1.61. The molecule has 4 aliphatic heterocycles. The van der Waals surface area contributed by atoms with Gasteiger partial charge in [0.1, 0.15) is 6.04 Å². The van der Waals surface area contributed by atoms with E-state index in [0.717, 1.165) is 23.2 Å². The average molecular weight is 538 g/mol. The Bertz CT molecular complexity index is 1200. The molecule has 5 rings (SSSR count). The lowest BCUT2D eigenvalue weighted by atomic mass is 9.78. The zero-order chi connectivity index (χ0) is 27.4. The Hall–Kier alpha value is -2.58. The van der Waals surface area contributed by atoms with Crippen LogP contribution in [0.3, 0.4) is 0 Å². The predicted octanol–water partition coefficient (Wildman–Crippen LogP) is 3.33. The lowest BCUT2D eigenvalue weighted by Crippen LogP contribution is -2.57. The maximum atomic E-state index is 14.6. The summed E-state index contributed by atoms with van der Waals surface area (Å²) in [7, 11) is 0. The number of anilines is 1. The van der Waals surface area contributed by atoms with Gasteiger partial charge in [-0.05, 0) is 43.4 Å². The Labute approximate surface area is 229 Å². The maximum Gasteiger partial charge on any atom is 0.251 e. The van der Waals surface area contributed by atoms with Gasteiger partial charge in [0.15, 0.2) is 0 Å². The maximum absolute atomic E-state index is 14.6. The van der Waals surface area contributed by atoms with E-state index in [1.807, 2.05) is 75.9 Å². The van der Waals surface area contributed by atoms with E-state index in [1.54, 1.807) is 21.6 Å². The number of hydrogen-bond donors (Lipinski definition) is 1. The van der Waals surface area contributed by atoms with Crippen molar-refractivity contribution < 1.29 is 19.5 Å². The summed E-state index contributed by atoms with van der Waals surface area (Å²) >= 11 is 1.59. The Balaban J connectivity index is 1.66. The molecule has 1 aromatic carbocycles. The average Bonchev–Trinajstić information content (AvgIpc) is 3.19. The van der Waals surface area contributed by atoms with Gasteiger partial charge in [0.2, 0.25) is 11.8 Å². The minimum Gasteiger partial charge on any atom is -0.394 e.